The lowest BCUT2D eigenvalue weighted by Crippen LogP contribution is -2.41. The number of nitrogens with zero attached hydrogens (tertiary/aromatic N) is 3. The average Bonchev–Trinajstić information content (AvgIpc) is 3.28. The Morgan fingerprint density at radius 2 is 2.03 bits per heavy atom. The Balaban J connectivity index is 1.82. The van der Waals surface area contributed by atoms with Crippen LogP contribution in [0.2, 0.25) is 0 Å². The van der Waals surface area contributed by atoms with Gasteiger partial charge in [-0.3, -0.25) is 0 Å². The van der Waals surface area contributed by atoms with Gasteiger partial charge in [-0.15, -0.1) is 0 Å². The van der Waals surface area contributed by atoms with E-state index in [0.717, 1.165) is 82.3 Å². The normalized spacial score (nSPS) is 14.3. The summed E-state index contributed by atoms with van der Waals surface area (Å²) in [6.07, 6.45) is 3.21. The highest BCUT2D eigenvalue weighted by Gasteiger charge is 2.17. The van der Waals surface area contributed by atoms with E-state index in [1.54, 1.807) is 7.11 Å². The Kier molecular flexibility index (Phi) is 11.0. The number of likely N-dealkylation sites (tertiary alicyclic amines) is 1. The van der Waals surface area contributed by atoms with E-state index in [1.807, 2.05) is 29.2 Å². The molecule has 0 radical (unpaired) electrons. The molecule has 3 N–H and O–H groups in total. The van der Waals surface area contributed by atoms with Gasteiger partial charge in [0.2, 0.25) is 0 Å². The van der Waals surface area contributed by atoms with Crippen molar-refractivity contribution in [2.75, 3.05) is 65.3 Å². The average molecular weight is 419 g/mol. The topological polar surface area (TPSA) is 81.2 Å². The van der Waals surface area contributed by atoms with Gasteiger partial charge in [0.15, 0.2) is 5.96 Å². The zero-order valence-electron chi connectivity index (χ0n) is 18.7. The van der Waals surface area contributed by atoms with Crippen LogP contribution in [0.3, 0.4) is 0 Å². The fourth-order valence-corrected chi connectivity index (χ4v) is 3.34. The summed E-state index contributed by atoms with van der Waals surface area (Å²) >= 11 is 0. The Morgan fingerprint density at radius 3 is 2.77 bits per heavy atom. The van der Waals surface area contributed by atoms with Crippen LogP contribution in [0.15, 0.2) is 29.3 Å². The van der Waals surface area contributed by atoms with E-state index >= 15 is 0 Å². The number of hydrogen-bond donors (Lipinski definition) is 3. The number of ether oxygens (including phenoxy) is 1. The van der Waals surface area contributed by atoms with E-state index in [1.165, 1.54) is 0 Å². The molecule has 1 aromatic rings. The maximum atomic E-state index is 12.3. The van der Waals surface area contributed by atoms with Gasteiger partial charge in [-0.25, -0.2) is 9.79 Å². The third kappa shape index (κ3) is 9.00. The molecular formula is C22H38N6O2. The van der Waals surface area contributed by atoms with Crippen LogP contribution in [-0.2, 0) is 11.3 Å². The molecule has 2 amide bonds. The third-order valence-corrected chi connectivity index (χ3v) is 5.01. The highest BCUT2D eigenvalue weighted by Crippen LogP contribution is 2.14. The monoisotopic (exact) mass is 418 g/mol. The summed E-state index contributed by atoms with van der Waals surface area (Å²) in [4.78, 5) is 21.1. The van der Waals surface area contributed by atoms with Crippen LogP contribution >= 0.6 is 0 Å². The molecule has 1 aliphatic rings. The highest BCUT2D eigenvalue weighted by atomic mass is 16.5. The number of amides is 2. The highest BCUT2D eigenvalue weighted by molar-refractivity contribution is 5.89. The fraction of sp³-hybridized carbons (Fsp3) is 0.636. The van der Waals surface area contributed by atoms with E-state index in [0.29, 0.717) is 6.54 Å². The second-order valence-electron chi connectivity index (χ2n) is 7.60. The van der Waals surface area contributed by atoms with Crippen molar-refractivity contribution < 1.29 is 9.53 Å². The van der Waals surface area contributed by atoms with Gasteiger partial charge in [0.05, 0.1) is 6.54 Å². The summed E-state index contributed by atoms with van der Waals surface area (Å²) in [6.45, 7) is 8.66. The van der Waals surface area contributed by atoms with Gasteiger partial charge >= 0.3 is 6.03 Å². The van der Waals surface area contributed by atoms with Crippen LogP contribution in [0.1, 0.15) is 31.7 Å². The molecule has 0 unspecified atom stereocenters. The number of anilines is 1. The van der Waals surface area contributed by atoms with Crippen molar-refractivity contribution in [2.45, 2.75) is 32.7 Å². The molecule has 1 saturated heterocycles. The molecule has 0 aliphatic carbocycles. The second-order valence-corrected chi connectivity index (χ2v) is 7.60. The van der Waals surface area contributed by atoms with Gasteiger partial charge in [-0.2, -0.15) is 0 Å². The van der Waals surface area contributed by atoms with Crippen molar-refractivity contribution >= 4 is 17.7 Å². The van der Waals surface area contributed by atoms with Crippen LogP contribution in [-0.4, -0.2) is 81.8 Å². The second kappa shape index (κ2) is 13.8. The summed E-state index contributed by atoms with van der Waals surface area (Å²) < 4.78 is 5.10. The zero-order chi connectivity index (χ0) is 21.6. The number of aliphatic imine (C=N–C) groups is 1. The lowest BCUT2D eigenvalue weighted by atomic mass is 10.2. The number of guanidine groups is 1. The van der Waals surface area contributed by atoms with Crippen LogP contribution in [0.4, 0.5) is 10.5 Å². The molecule has 1 fully saturated rings. The van der Waals surface area contributed by atoms with E-state index < -0.39 is 0 Å². The van der Waals surface area contributed by atoms with Gasteiger partial charge in [-0.1, -0.05) is 12.1 Å². The first-order valence-electron chi connectivity index (χ1n) is 11.0. The predicted molar refractivity (Wildman–Crippen MR) is 123 cm³/mol. The Hall–Kier alpha value is -2.32. The molecule has 0 aromatic heterocycles. The van der Waals surface area contributed by atoms with E-state index in [2.05, 4.69) is 39.8 Å². The zero-order valence-corrected chi connectivity index (χ0v) is 18.7. The molecule has 0 bridgehead atoms. The summed E-state index contributed by atoms with van der Waals surface area (Å²) in [5.74, 6) is 0.800. The SMILES string of the molecule is CCNC(=NCc1cccc(NC(=O)N2CCCC2)c1)NCCN(C)CCCOC. The Labute approximate surface area is 181 Å². The Morgan fingerprint density at radius 1 is 1.23 bits per heavy atom. The molecule has 0 saturated carbocycles. The number of carbonyl (C=O) groups excluding carboxylic acids is 1. The number of nitrogens with one attached hydrogen (secondary N) is 3. The summed E-state index contributed by atoms with van der Waals surface area (Å²) in [7, 11) is 3.85. The molecule has 1 aromatic carbocycles. The minimum atomic E-state index is -0.0159. The van der Waals surface area contributed by atoms with Crippen LogP contribution in [0.5, 0.6) is 0 Å². The molecule has 8 nitrogen and oxygen atoms in total. The van der Waals surface area contributed by atoms with Crippen LogP contribution in [0, 0.1) is 0 Å². The lowest BCUT2D eigenvalue weighted by Gasteiger charge is -2.18. The van der Waals surface area contributed by atoms with Gasteiger partial charge in [0.1, 0.15) is 0 Å². The number of benzene rings is 1. The lowest BCUT2D eigenvalue weighted by molar-refractivity contribution is 0.180. The number of carbonyl (C=O) groups is 1. The molecular weight excluding hydrogens is 380 g/mol. The molecule has 2 rings (SSSR count). The van der Waals surface area contributed by atoms with Crippen molar-refractivity contribution in [2.24, 2.45) is 4.99 Å². The standard InChI is InChI=1S/C22H38N6O2/c1-4-23-21(24-11-15-27(2)12-8-16-30-3)25-18-19-9-7-10-20(17-19)26-22(29)28-13-5-6-14-28/h7,9-10,17H,4-6,8,11-16,18H2,1-3H3,(H,26,29)(H2,23,24,25). The largest absolute Gasteiger partial charge is 0.385 e. The molecule has 1 heterocycles. The van der Waals surface area contributed by atoms with Crippen molar-refractivity contribution in [3.8, 4) is 0 Å². The van der Waals surface area contributed by atoms with E-state index in [4.69, 9.17) is 4.74 Å². The number of likely N-dealkylation sites (N-methyl/N-ethyl adjacent to an activating group) is 1. The smallest absolute Gasteiger partial charge is 0.321 e. The first-order valence-corrected chi connectivity index (χ1v) is 11.0. The summed E-state index contributed by atoms with van der Waals surface area (Å²) in [5, 5.41) is 9.67. The molecule has 0 spiro atoms. The number of hydrogen-bond acceptors (Lipinski definition) is 4. The molecule has 8 heteroatoms. The van der Waals surface area contributed by atoms with Gasteiger partial charge in [0.25, 0.3) is 0 Å². The van der Waals surface area contributed by atoms with E-state index in [-0.39, 0.29) is 6.03 Å². The Bertz CT molecular complexity index is 661. The van der Waals surface area contributed by atoms with Gasteiger partial charge < -0.3 is 30.5 Å². The molecule has 1 aliphatic heterocycles. The number of methoxy groups -OCH3 is 1. The predicted octanol–water partition coefficient (Wildman–Crippen LogP) is 2.34. The van der Waals surface area contributed by atoms with Crippen LogP contribution < -0.4 is 16.0 Å². The van der Waals surface area contributed by atoms with Crippen molar-refractivity contribution in [3.63, 3.8) is 0 Å². The van der Waals surface area contributed by atoms with Crippen molar-refractivity contribution in [3.05, 3.63) is 29.8 Å². The van der Waals surface area contributed by atoms with Gasteiger partial charge in [-0.05, 0) is 50.9 Å². The van der Waals surface area contributed by atoms with Crippen LogP contribution in [0.25, 0.3) is 0 Å². The van der Waals surface area contributed by atoms with Crippen molar-refractivity contribution in [1.29, 1.82) is 0 Å². The molecule has 168 valence electrons. The maximum absolute atomic E-state index is 12.3. The first kappa shape index (κ1) is 24.0. The summed E-state index contributed by atoms with van der Waals surface area (Å²) in [5.41, 5.74) is 1.87. The van der Waals surface area contributed by atoms with Crippen molar-refractivity contribution in [1.82, 2.24) is 20.4 Å². The minimum Gasteiger partial charge on any atom is -0.385 e. The fourth-order valence-electron chi connectivity index (χ4n) is 3.34. The first-order chi connectivity index (χ1) is 14.6. The quantitative estimate of drug-likeness (QED) is 0.292. The molecule has 0 atom stereocenters. The summed E-state index contributed by atoms with van der Waals surface area (Å²) in [6, 6.07) is 7.88. The third-order valence-electron chi connectivity index (χ3n) is 5.01. The van der Waals surface area contributed by atoms with E-state index in [9.17, 15) is 4.79 Å². The number of rotatable bonds is 11. The number of urea groups is 1. The minimum absolute atomic E-state index is 0.0159. The molecule has 30 heavy (non-hydrogen) atoms. The van der Waals surface area contributed by atoms with Gasteiger partial charge in [0, 0.05) is 58.7 Å². The maximum Gasteiger partial charge on any atom is 0.321 e.